The van der Waals surface area contributed by atoms with Crippen molar-refractivity contribution in [2.45, 2.75) is 38.4 Å². The van der Waals surface area contributed by atoms with Crippen molar-refractivity contribution in [1.82, 2.24) is 19.5 Å². The summed E-state index contributed by atoms with van der Waals surface area (Å²) in [5.41, 5.74) is -0.336. The molecule has 3 saturated heterocycles. The van der Waals surface area contributed by atoms with Crippen LogP contribution in [0.3, 0.4) is 0 Å². The third kappa shape index (κ3) is 3.43. The first kappa shape index (κ1) is 19.0. The number of nitrogens with zero attached hydrogens (tertiary/aromatic N) is 5. The van der Waals surface area contributed by atoms with Crippen LogP contribution in [0.2, 0.25) is 0 Å². The highest BCUT2D eigenvalue weighted by Crippen LogP contribution is 2.31. The summed E-state index contributed by atoms with van der Waals surface area (Å²) in [6, 6.07) is 0. The van der Waals surface area contributed by atoms with E-state index < -0.39 is 11.3 Å². The molecule has 29 heavy (non-hydrogen) atoms. The molecule has 0 unspecified atom stereocenters. The SMILES string of the molecule is CC1CCN(c2nn3c(=O)c(C(=O)N4CCC5(CC4)OCCO5)cnc3s2)CC1. The second-order valence-electron chi connectivity index (χ2n) is 8.13. The minimum absolute atomic E-state index is 0.0656. The van der Waals surface area contributed by atoms with Crippen molar-refractivity contribution < 1.29 is 14.3 Å². The maximum Gasteiger partial charge on any atom is 0.288 e. The molecule has 3 aliphatic heterocycles. The zero-order valence-electron chi connectivity index (χ0n) is 16.5. The van der Waals surface area contributed by atoms with Crippen molar-refractivity contribution >= 4 is 27.3 Å². The Bertz CT molecular complexity index is 965. The van der Waals surface area contributed by atoms with E-state index in [0.29, 0.717) is 44.1 Å². The van der Waals surface area contributed by atoms with E-state index in [0.717, 1.165) is 37.0 Å². The predicted molar refractivity (Wildman–Crippen MR) is 108 cm³/mol. The Morgan fingerprint density at radius 1 is 1.17 bits per heavy atom. The molecule has 0 radical (unpaired) electrons. The molecule has 0 atom stereocenters. The van der Waals surface area contributed by atoms with E-state index in [2.05, 4.69) is 21.9 Å². The maximum atomic E-state index is 13.0. The van der Waals surface area contributed by atoms with Gasteiger partial charge in [-0.15, -0.1) is 5.10 Å². The number of rotatable bonds is 2. The monoisotopic (exact) mass is 419 g/mol. The fraction of sp³-hybridized carbons (Fsp3) is 0.684. The molecule has 0 N–H and O–H groups in total. The summed E-state index contributed by atoms with van der Waals surface area (Å²) in [6.45, 7) is 6.30. The van der Waals surface area contributed by atoms with Gasteiger partial charge in [0.25, 0.3) is 11.5 Å². The number of fused-ring (bicyclic) bond motifs is 1. The number of hydrogen-bond acceptors (Lipinski definition) is 8. The van der Waals surface area contributed by atoms with Crippen molar-refractivity contribution in [1.29, 1.82) is 0 Å². The standard InChI is InChI=1S/C19H25N5O4S/c1-13-2-6-23(7-3-13)18-21-24-16(26)14(12-20-17(24)29-18)15(25)22-8-4-19(5-9-22)27-10-11-28-19/h12-13H,2-11H2,1H3. The number of anilines is 1. The number of amides is 1. The van der Waals surface area contributed by atoms with E-state index in [1.165, 1.54) is 22.0 Å². The smallest absolute Gasteiger partial charge is 0.288 e. The summed E-state index contributed by atoms with van der Waals surface area (Å²) in [5.74, 6) is -0.135. The van der Waals surface area contributed by atoms with Gasteiger partial charge in [0.2, 0.25) is 10.1 Å². The van der Waals surface area contributed by atoms with E-state index in [1.54, 1.807) is 4.90 Å². The highest BCUT2D eigenvalue weighted by atomic mass is 32.1. The van der Waals surface area contributed by atoms with Gasteiger partial charge in [0, 0.05) is 45.2 Å². The second kappa shape index (κ2) is 7.33. The molecule has 0 aliphatic carbocycles. The number of carbonyl (C=O) groups is 1. The lowest BCUT2D eigenvalue weighted by Crippen LogP contribution is -2.48. The fourth-order valence-corrected chi connectivity index (χ4v) is 5.17. The van der Waals surface area contributed by atoms with E-state index in [9.17, 15) is 9.59 Å². The average Bonchev–Trinajstić information content (AvgIpc) is 3.37. The van der Waals surface area contributed by atoms with Gasteiger partial charge >= 0.3 is 0 Å². The van der Waals surface area contributed by atoms with Crippen LogP contribution < -0.4 is 10.5 Å². The molecule has 2 aromatic heterocycles. The molecule has 1 spiro atoms. The Morgan fingerprint density at radius 3 is 2.55 bits per heavy atom. The summed E-state index contributed by atoms with van der Waals surface area (Å²) in [4.78, 5) is 34.7. The normalized spacial score (nSPS) is 22.7. The zero-order valence-corrected chi connectivity index (χ0v) is 17.3. The lowest BCUT2D eigenvalue weighted by molar-refractivity contribution is -0.181. The highest BCUT2D eigenvalue weighted by Gasteiger charge is 2.41. The van der Waals surface area contributed by atoms with Gasteiger partial charge in [0.15, 0.2) is 5.79 Å². The molecule has 1 amide bonds. The molecule has 2 aromatic rings. The molecule has 10 heteroatoms. The molecule has 0 aromatic carbocycles. The van der Waals surface area contributed by atoms with Gasteiger partial charge in [-0.1, -0.05) is 18.3 Å². The van der Waals surface area contributed by atoms with Crippen LogP contribution >= 0.6 is 11.3 Å². The van der Waals surface area contributed by atoms with Crippen LogP contribution in [0.15, 0.2) is 11.0 Å². The van der Waals surface area contributed by atoms with Gasteiger partial charge in [-0.2, -0.15) is 4.52 Å². The fourth-order valence-electron chi connectivity index (χ4n) is 4.26. The molecule has 5 rings (SSSR count). The Labute approximate surface area is 172 Å². The zero-order chi connectivity index (χ0) is 20.0. The third-order valence-electron chi connectivity index (χ3n) is 6.19. The van der Waals surface area contributed by atoms with Crippen LogP contribution in [-0.2, 0) is 9.47 Å². The lowest BCUT2D eigenvalue weighted by Gasteiger charge is -2.37. The van der Waals surface area contributed by atoms with Crippen LogP contribution in [0, 0.1) is 5.92 Å². The Balaban J connectivity index is 1.36. The van der Waals surface area contributed by atoms with Crippen LogP contribution in [0.5, 0.6) is 0 Å². The molecular formula is C19H25N5O4S. The molecule has 3 fully saturated rings. The summed E-state index contributed by atoms with van der Waals surface area (Å²) < 4.78 is 12.7. The quantitative estimate of drug-likeness (QED) is 0.726. The Morgan fingerprint density at radius 2 is 1.86 bits per heavy atom. The number of likely N-dealkylation sites (tertiary alicyclic amines) is 1. The van der Waals surface area contributed by atoms with Crippen LogP contribution in [0.25, 0.3) is 4.96 Å². The van der Waals surface area contributed by atoms with E-state index >= 15 is 0 Å². The van der Waals surface area contributed by atoms with Gasteiger partial charge in [0.05, 0.1) is 13.2 Å². The number of piperidine rings is 2. The first-order valence-corrected chi connectivity index (χ1v) is 11.1. The summed E-state index contributed by atoms with van der Waals surface area (Å²) in [6.07, 6.45) is 4.86. The molecule has 156 valence electrons. The summed E-state index contributed by atoms with van der Waals surface area (Å²) in [5, 5.41) is 5.28. The molecule has 0 saturated carbocycles. The minimum atomic E-state index is -0.552. The van der Waals surface area contributed by atoms with Crippen LogP contribution in [0.1, 0.15) is 43.0 Å². The molecule has 0 bridgehead atoms. The van der Waals surface area contributed by atoms with Gasteiger partial charge in [-0.25, -0.2) is 4.98 Å². The molecular weight excluding hydrogens is 394 g/mol. The van der Waals surface area contributed by atoms with Gasteiger partial charge < -0.3 is 19.3 Å². The average molecular weight is 420 g/mol. The van der Waals surface area contributed by atoms with E-state index in [1.807, 2.05) is 0 Å². The largest absolute Gasteiger partial charge is 0.347 e. The summed E-state index contributed by atoms with van der Waals surface area (Å²) >= 11 is 1.40. The van der Waals surface area contributed by atoms with E-state index in [-0.39, 0.29) is 11.5 Å². The Kier molecular flexibility index (Phi) is 4.79. The van der Waals surface area contributed by atoms with Crippen molar-refractivity contribution in [3.8, 4) is 0 Å². The maximum absolute atomic E-state index is 13.0. The van der Waals surface area contributed by atoms with Gasteiger partial charge in [0.1, 0.15) is 5.56 Å². The van der Waals surface area contributed by atoms with Crippen molar-refractivity contribution in [3.05, 3.63) is 22.1 Å². The van der Waals surface area contributed by atoms with Crippen LogP contribution in [0.4, 0.5) is 5.13 Å². The number of aromatic nitrogens is 3. The highest BCUT2D eigenvalue weighted by molar-refractivity contribution is 7.20. The first-order chi connectivity index (χ1) is 14.0. The number of carbonyl (C=O) groups excluding carboxylic acids is 1. The topological polar surface area (TPSA) is 89.3 Å². The van der Waals surface area contributed by atoms with Crippen molar-refractivity contribution in [2.24, 2.45) is 5.92 Å². The van der Waals surface area contributed by atoms with Crippen molar-refractivity contribution in [3.63, 3.8) is 0 Å². The second-order valence-corrected chi connectivity index (χ2v) is 9.06. The first-order valence-electron chi connectivity index (χ1n) is 10.3. The van der Waals surface area contributed by atoms with Crippen molar-refractivity contribution in [2.75, 3.05) is 44.3 Å². The number of hydrogen-bond donors (Lipinski definition) is 0. The minimum Gasteiger partial charge on any atom is -0.347 e. The molecule has 9 nitrogen and oxygen atoms in total. The van der Waals surface area contributed by atoms with E-state index in [4.69, 9.17) is 9.47 Å². The lowest BCUT2D eigenvalue weighted by atomic mass is 10.00. The van der Waals surface area contributed by atoms with Gasteiger partial charge in [-0.05, 0) is 18.8 Å². The molecule has 3 aliphatic rings. The Hall–Kier alpha value is -2.04. The predicted octanol–water partition coefficient (Wildman–Crippen LogP) is 1.37. The van der Waals surface area contributed by atoms with Crippen LogP contribution in [-0.4, -0.2) is 70.6 Å². The summed E-state index contributed by atoms with van der Waals surface area (Å²) in [7, 11) is 0. The van der Waals surface area contributed by atoms with Gasteiger partial charge in [-0.3, -0.25) is 9.59 Å². The number of ether oxygens (including phenoxy) is 2. The third-order valence-corrected chi connectivity index (χ3v) is 7.17. The molecule has 5 heterocycles.